The van der Waals surface area contributed by atoms with Gasteiger partial charge in [-0.25, -0.2) is 4.98 Å². The predicted octanol–water partition coefficient (Wildman–Crippen LogP) is 12.6. The molecule has 0 aliphatic heterocycles. The van der Waals surface area contributed by atoms with Crippen molar-refractivity contribution in [3.8, 4) is 39.3 Å². The second kappa shape index (κ2) is 11.0. The van der Waals surface area contributed by atoms with Crippen molar-refractivity contribution in [1.82, 2.24) is 9.55 Å². The Morgan fingerprint density at radius 3 is 1.65 bits per heavy atom. The number of hydrogen-bond donors (Lipinski definition) is 0. The second-order valence-electron chi connectivity index (χ2n) is 12.7. The standard InChI is InChI=1S/C47H30N2/c1-2-18-34(19-3-1)49-44-28-13-12-27-43(44)48-47(49)33-17-14-16-32(29-33)45-38-23-8-10-25-40(38)46(41-26-11-9-24-39(41)45)42-30-31-15-4-5-20-35(31)36-21-6-7-22-37(36)42/h1-30H. The smallest absolute Gasteiger partial charge is 0.145 e. The molecule has 49 heavy (non-hydrogen) atoms. The fourth-order valence-corrected chi connectivity index (χ4v) is 7.86. The summed E-state index contributed by atoms with van der Waals surface area (Å²) in [6.45, 7) is 0. The van der Waals surface area contributed by atoms with Gasteiger partial charge in [0.05, 0.1) is 11.0 Å². The van der Waals surface area contributed by atoms with Crippen LogP contribution in [-0.4, -0.2) is 9.55 Å². The summed E-state index contributed by atoms with van der Waals surface area (Å²) in [5, 5.41) is 10.1. The van der Waals surface area contributed by atoms with Gasteiger partial charge in [0.25, 0.3) is 0 Å². The van der Waals surface area contributed by atoms with Gasteiger partial charge in [0.1, 0.15) is 5.82 Å². The lowest BCUT2D eigenvalue weighted by Crippen LogP contribution is -1.97. The number of para-hydroxylation sites is 3. The number of imidazole rings is 1. The number of nitrogens with zero attached hydrogens (tertiary/aromatic N) is 2. The molecule has 10 rings (SSSR count). The van der Waals surface area contributed by atoms with E-state index in [4.69, 9.17) is 4.98 Å². The van der Waals surface area contributed by atoms with Crippen molar-refractivity contribution >= 4 is 54.1 Å². The van der Waals surface area contributed by atoms with Gasteiger partial charge in [-0.05, 0) is 102 Å². The molecule has 2 nitrogen and oxygen atoms in total. The Morgan fingerprint density at radius 2 is 0.918 bits per heavy atom. The van der Waals surface area contributed by atoms with Crippen LogP contribution in [0.25, 0.3) is 93.5 Å². The zero-order valence-corrected chi connectivity index (χ0v) is 26.7. The van der Waals surface area contributed by atoms with Crippen molar-refractivity contribution in [3.63, 3.8) is 0 Å². The summed E-state index contributed by atoms with van der Waals surface area (Å²) in [7, 11) is 0. The highest BCUT2D eigenvalue weighted by Gasteiger charge is 2.20. The van der Waals surface area contributed by atoms with E-state index >= 15 is 0 Å². The average molecular weight is 623 g/mol. The van der Waals surface area contributed by atoms with Crippen LogP contribution in [0.5, 0.6) is 0 Å². The first-order chi connectivity index (χ1) is 24.3. The summed E-state index contributed by atoms with van der Waals surface area (Å²) in [4.78, 5) is 5.19. The average Bonchev–Trinajstić information content (AvgIpc) is 3.57. The highest BCUT2D eigenvalue weighted by molar-refractivity contribution is 6.25. The Kier molecular flexibility index (Phi) is 6.22. The van der Waals surface area contributed by atoms with E-state index in [2.05, 4.69) is 187 Å². The topological polar surface area (TPSA) is 17.8 Å². The van der Waals surface area contributed by atoms with Gasteiger partial charge >= 0.3 is 0 Å². The van der Waals surface area contributed by atoms with Gasteiger partial charge in [-0.2, -0.15) is 0 Å². The first kappa shape index (κ1) is 27.6. The van der Waals surface area contributed by atoms with Crippen LogP contribution in [0.15, 0.2) is 182 Å². The van der Waals surface area contributed by atoms with Gasteiger partial charge in [0, 0.05) is 11.3 Å². The highest BCUT2D eigenvalue weighted by atomic mass is 15.1. The van der Waals surface area contributed by atoms with Crippen molar-refractivity contribution in [2.24, 2.45) is 0 Å². The maximum absolute atomic E-state index is 5.19. The molecule has 1 heterocycles. The lowest BCUT2D eigenvalue weighted by molar-refractivity contribution is 1.10. The number of fused-ring (bicyclic) bond motifs is 6. The molecule has 228 valence electrons. The monoisotopic (exact) mass is 622 g/mol. The van der Waals surface area contributed by atoms with Gasteiger partial charge in [0.2, 0.25) is 0 Å². The van der Waals surface area contributed by atoms with Crippen LogP contribution in [0.2, 0.25) is 0 Å². The van der Waals surface area contributed by atoms with Crippen LogP contribution < -0.4 is 0 Å². The van der Waals surface area contributed by atoms with Gasteiger partial charge in [-0.15, -0.1) is 0 Å². The normalized spacial score (nSPS) is 11.7. The third-order valence-electron chi connectivity index (χ3n) is 9.95. The molecular weight excluding hydrogens is 593 g/mol. The molecule has 10 aromatic rings. The lowest BCUT2D eigenvalue weighted by Gasteiger charge is -2.20. The first-order valence-corrected chi connectivity index (χ1v) is 16.8. The quantitative estimate of drug-likeness (QED) is 0.141. The van der Waals surface area contributed by atoms with Crippen molar-refractivity contribution in [2.75, 3.05) is 0 Å². The van der Waals surface area contributed by atoms with Crippen LogP contribution in [0.4, 0.5) is 0 Å². The molecule has 9 aromatic carbocycles. The molecule has 0 fully saturated rings. The number of aromatic nitrogens is 2. The molecule has 0 aliphatic rings. The molecule has 0 atom stereocenters. The van der Waals surface area contributed by atoms with E-state index in [1.54, 1.807) is 0 Å². The van der Waals surface area contributed by atoms with Gasteiger partial charge in [-0.1, -0.05) is 146 Å². The van der Waals surface area contributed by atoms with Crippen LogP contribution in [-0.2, 0) is 0 Å². The summed E-state index contributed by atoms with van der Waals surface area (Å²) < 4.78 is 2.28. The Bertz CT molecular complexity index is 2820. The van der Waals surface area contributed by atoms with Gasteiger partial charge in [0.15, 0.2) is 0 Å². The van der Waals surface area contributed by atoms with E-state index in [1.165, 1.54) is 65.3 Å². The van der Waals surface area contributed by atoms with Crippen molar-refractivity contribution in [2.45, 2.75) is 0 Å². The molecule has 0 aliphatic carbocycles. The molecule has 0 radical (unpaired) electrons. The minimum Gasteiger partial charge on any atom is -0.292 e. The second-order valence-corrected chi connectivity index (χ2v) is 12.7. The van der Waals surface area contributed by atoms with E-state index < -0.39 is 0 Å². The third-order valence-corrected chi connectivity index (χ3v) is 9.95. The zero-order valence-electron chi connectivity index (χ0n) is 26.7. The van der Waals surface area contributed by atoms with E-state index in [-0.39, 0.29) is 0 Å². The van der Waals surface area contributed by atoms with Crippen molar-refractivity contribution < 1.29 is 0 Å². The van der Waals surface area contributed by atoms with Crippen LogP contribution in [0.3, 0.4) is 0 Å². The third kappa shape index (κ3) is 4.31. The maximum atomic E-state index is 5.19. The Balaban J connectivity index is 1.26. The summed E-state index contributed by atoms with van der Waals surface area (Å²) in [5.74, 6) is 0.933. The molecule has 0 saturated carbocycles. The first-order valence-electron chi connectivity index (χ1n) is 16.8. The van der Waals surface area contributed by atoms with Gasteiger partial charge in [-0.3, -0.25) is 4.57 Å². The summed E-state index contributed by atoms with van der Waals surface area (Å²) >= 11 is 0. The summed E-state index contributed by atoms with van der Waals surface area (Å²) in [6, 6.07) is 65.7. The van der Waals surface area contributed by atoms with E-state index in [0.717, 1.165) is 28.1 Å². The molecular formula is C47H30N2. The van der Waals surface area contributed by atoms with Gasteiger partial charge < -0.3 is 0 Å². The fourth-order valence-electron chi connectivity index (χ4n) is 7.86. The number of hydrogen-bond acceptors (Lipinski definition) is 1. The minimum atomic E-state index is 0.933. The largest absolute Gasteiger partial charge is 0.292 e. The molecule has 0 unspecified atom stereocenters. The SMILES string of the molecule is c1ccc(-n2c(-c3cccc(-c4c5ccccc5c(-c5cc6ccccc6c6ccccc56)c5ccccc45)c3)nc3ccccc32)cc1. The highest BCUT2D eigenvalue weighted by Crippen LogP contribution is 2.47. The molecule has 0 spiro atoms. The number of rotatable bonds is 4. The summed E-state index contributed by atoms with van der Waals surface area (Å²) in [5.41, 5.74) is 9.20. The minimum absolute atomic E-state index is 0.933. The Labute approximate surface area is 284 Å². The van der Waals surface area contributed by atoms with E-state index in [0.29, 0.717) is 0 Å². The van der Waals surface area contributed by atoms with Crippen LogP contribution in [0, 0.1) is 0 Å². The van der Waals surface area contributed by atoms with Crippen LogP contribution >= 0.6 is 0 Å². The van der Waals surface area contributed by atoms with Crippen LogP contribution in [0.1, 0.15) is 0 Å². The molecule has 1 aromatic heterocycles. The fraction of sp³-hybridized carbons (Fsp3) is 0. The van der Waals surface area contributed by atoms with E-state index in [1.807, 2.05) is 0 Å². The maximum Gasteiger partial charge on any atom is 0.145 e. The number of benzene rings is 9. The lowest BCUT2D eigenvalue weighted by atomic mass is 9.83. The Morgan fingerprint density at radius 1 is 0.367 bits per heavy atom. The van der Waals surface area contributed by atoms with Crippen molar-refractivity contribution in [1.29, 1.82) is 0 Å². The van der Waals surface area contributed by atoms with E-state index in [9.17, 15) is 0 Å². The summed E-state index contributed by atoms with van der Waals surface area (Å²) in [6.07, 6.45) is 0. The van der Waals surface area contributed by atoms with Crippen molar-refractivity contribution in [3.05, 3.63) is 182 Å². The zero-order chi connectivity index (χ0) is 32.3. The molecule has 0 N–H and O–H groups in total. The molecule has 2 heteroatoms. The molecule has 0 bridgehead atoms. The molecule has 0 saturated heterocycles. The Hall–Kier alpha value is -6.51. The molecule has 0 amide bonds. The predicted molar refractivity (Wildman–Crippen MR) is 207 cm³/mol.